The Balaban J connectivity index is 1.79. The van der Waals surface area contributed by atoms with Gasteiger partial charge >= 0.3 is 5.97 Å². The lowest BCUT2D eigenvalue weighted by Gasteiger charge is -2.19. The van der Waals surface area contributed by atoms with Crippen molar-refractivity contribution in [1.82, 2.24) is 15.0 Å². The highest BCUT2D eigenvalue weighted by Crippen LogP contribution is 2.19. The summed E-state index contributed by atoms with van der Waals surface area (Å²) in [7, 11) is 1.37. The van der Waals surface area contributed by atoms with Gasteiger partial charge in [0.15, 0.2) is 5.82 Å². The smallest absolute Gasteiger partial charge is 0.337 e. The Kier molecular flexibility index (Phi) is 5.65. The summed E-state index contributed by atoms with van der Waals surface area (Å²) in [4.78, 5) is 25.5. The number of nitrogens with one attached hydrogen (secondary N) is 2. The minimum Gasteiger partial charge on any atom is -0.465 e. The van der Waals surface area contributed by atoms with Gasteiger partial charge in [0, 0.05) is 41.8 Å². The monoisotopic (exact) mass is 366 g/mol. The fourth-order valence-electron chi connectivity index (χ4n) is 2.79. The maximum absolute atomic E-state index is 11.7. The number of carbonyl (C=O) groups excluding carboxylic acids is 1. The summed E-state index contributed by atoms with van der Waals surface area (Å²) in [5, 5.41) is 5.15. The number of aromatic nitrogens is 3. The number of nitrogens with zero attached hydrogens (tertiary/aromatic N) is 4. The third kappa shape index (κ3) is 4.05. The molecule has 0 radical (unpaired) electrons. The molecule has 0 amide bonds. The lowest BCUT2D eigenvalue weighted by Crippen LogP contribution is -2.23. The van der Waals surface area contributed by atoms with E-state index in [1.54, 1.807) is 18.3 Å². The maximum atomic E-state index is 11.7. The van der Waals surface area contributed by atoms with E-state index >= 15 is 0 Å². The van der Waals surface area contributed by atoms with E-state index in [4.69, 9.17) is 4.74 Å². The van der Waals surface area contributed by atoms with Gasteiger partial charge in [0.1, 0.15) is 12.1 Å². The lowest BCUT2D eigenvalue weighted by atomic mass is 10.1. The standard InChI is InChI=1S/C19H22N6O2/c1-4-25(5-2)18-9-17(21-12-22-18)24-23-11-14-10-20-16-7-6-13(8-15(14)16)19(26)27-3/h6-12,20H,4-5H2,1-3H3,(H,21,22,24)/b23-11+. The van der Waals surface area contributed by atoms with E-state index in [0.29, 0.717) is 11.4 Å². The first-order chi connectivity index (χ1) is 13.2. The Bertz CT molecular complexity index is 962. The van der Waals surface area contributed by atoms with E-state index in [1.807, 2.05) is 18.3 Å². The summed E-state index contributed by atoms with van der Waals surface area (Å²) < 4.78 is 4.78. The van der Waals surface area contributed by atoms with Crippen LogP contribution >= 0.6 is 0 Å². The highest BCUT2D eigenvalue weighted by Gasteiger charge is 2.09. The summed E-state index contributed by atoms with van der Waals surface area (Å²) in [5.74, 6) is 1.09. The van der Waals surface area contributed by atoms with Crippen LogP contribution in [0.4, 0.5) is 11.6 Å². The van der Waals surface area contributed by atoms with Crippen LogP contribution in [0, 0.1) is 0 Å². The Hall–Kier alpha value is -3.42. The molecule has 0 spiro atoms. The van der Waals surface area contributed by atoms with Gasteiger partial charge in [-0.25, -0.2) is 14.8 Å². The molecule has 1 aromatic carbocycles. The molecule has 0 saturated heterocycles. The summed E-state index contributed by atoms with van der Waals surface area (Å²) in [6, 6.07) is 7.20. The number of benzene rings is 1. The third-order valence-corrected chi connectivity index (χ3v) is 4.26. The molecule has 140 valence electrons. The van der Waals surface area contributed by atoms with Crippen LogP contribution in [-0.4, -0.2) is 47.3 Å². The molecule has 2 N–H and O–H groups in total. The zero-order valence-corrected chi connectivity index (χ0v) is 15.6. The largest absolute Gasteiger partial charge is 0.465 e. The van der Waals surface area contributed by atoms with Crippen LogP contribution < -0.4 is 10.3 Å². The average molecular weight is 366 g/mol. The topological polar surface area (TPSA) is 95.5 Å². The number of methoxy groups -OCH3 is 1. The van der Waals surface area contributed by atoms with E-state index in [1.165, 1.54) is 13.4 Å². The Morgan fingerprint density at radius 3 is 2.85 bits per heavy atom. The van der Waals surface area contributed by atoms with Gasteiger partial charge in [-0.15, -0.1) is 0 Å². The summed E-state index contributed by atoms with van der Waals surface area (Å²) in [6.45, 7) is 5.90. The van der Waals surface area contributed by atoms with Crippen molar-refractivity contribution in [2.75, 3.05) is 30.5 Å². The lowest BCUT2D eigenvalue weighted by molar-refractivity contribution is 0.0601. The predicted octanol–water partition coefficient (Wildman–Crippen LogP) is 3.04. The molecule has 2 heterocycles. The zero-order valence-electron chi connectivity index (χ0n) is 15.6. The summed E-state index contributed by atoms with van der Waals surface area (Å²) in [5.41, 5.74) is 5.18. The van der Waals surface area contributed by atoms with Gasteiger partial charge in [0.05, 0.1) is 18.9 Å². The Morgan fingerprint density at radius 2 is 2.11 bits per heavy atom. The Morgan fingerprint density at radius 1 is 1.30 bits per heavy atom. The summed E-state index contributed by atoms with van der Waals surface area (Å²) >= 11 is 0. The molecule has 27 heavy (non-hydrogen) atoms. The first-order valence-electron chi connectivity index (χ1n) is 8.71. The van der Waals surface area contributed by atoms with Crippen molar-refractivity contribution in [1.29, 1.82) is 0 Å². The number of hydrogen-bond acceptors (Lipinski definition) is 7. The molecule has 3 aromatic rings. The van der Waals surface area contributed by atoms with Crippen LogP contribution in [0.3, 0.4) is 0 Å². The molecule has 0 aliphatic carbocycles. The fraction of sp³-hybridized carbons (Fsp3) is 0.263. The quantitative estimate of drug-likeness (QED) is 0.379. The molecule has 0 atom stereocenters. The van der Waals surface area contributed by atoms with E-state index in [2.05, 4.69) is 44.2 Å². The van der Waals surface area contributed by atoms with Crippen molar-refractivity contribution >= 4 is 34.7 Å². The van der Waals surface area contributed by atoms with Gasteiger partial charge in [-0.05, 0) is 32.0 Å². The first-order valence-corrected chi connectivity index (χ1v) is 8.71. The highest BCUT2D eigenvalue weighted by atomic mass is 16.5. The van der Waals surface area contributed by atoms with Crippen molar-refractivity contribution in [3.8, 4) is 0 Å². The fourth-order valence-corrected chi connectivity index (χ4v) is 2.79. The molecule has 0 unspecified atom stereocenters. The molecule has 2 aromatic heterocycles. The molecule has 3 rings (SSSR count). The van der Waals surface area contributed by atoms with Gasteiger partial charge in [-0.2, -0.15) is 5.10 Å². The second-order valence-corrected chi connectivity index (χ2v) is 5.80. The number of anilines is 2. The van der Waals surface area contributed by atoms with E-state index < -0.39 is 0 Å². The van der Waals surface area contributed by atoms with E-state index in [0.717, 1.165) is 35.4 Å². The maximum Gasteiger partial charge on any atom is 0.337 e. The van der Waals surface area contributed by atoms with Gasteiger partial charge in [0.2, 0.25) is 0 Å². The van der Waals surface area contributed by atoms with Crippen molar-refractivity contribution in [3.05, 3.63) is 47.9 Å². The van der Waals surface area contributed by atoms with E-state index in [-0.39, 0.29) is 5.97 Å². The third-order valence-electron chi connectivity index (χ3n) is 4.26. The molecule has 8 heteroatoms. The number of H-pyrrole nitrogens is 1. The van der Waals surface area contributed by atoms with Crippen LogP contribution in [0.15, 0.2) is 41.9 Å². The van der Waals surface area contributed by atoms with Gasteiger partial charge in [0.25, 0.3) is 0 Å². The van der Waals surface area contributed by atoms with Crippen LogP contribution in [-0.2, 0) is 4.74 Å². The predicted molar refractivity (Wildman–Crippen MR) is 106 cm³/mol. The van der Waals surface area contributed by atoms with Gasteiger partial charge in [-0.1, -0.05) is 0 Å². The van der Waals surface area contributed by atoms with Crippen molar-refractivity contribution in [2.45, 2.75) is 13.8 Å². The van der Waals surface area contributed by atoms with Crippen LogP contribution in [0.25, 0.3) is 10.9 Å². The van der Waals surface area contributed by atoms with Crippen LogP contribution in [0.1, 0.15) is 29.8 Å². The van der Waals surface area contributed by atoms with Crippen molar-refractivity contribution < 1.29 is 9.53 Å². The molecular formula is C19H22N6O2. The van der Waals surface area contributed by atoms with Gasteiger partial charge < -0.3 is 14.6 Å². The first kappa shape index (κ1) is 18.4. The number of carbonyl (C=O) groups is 1. The minimum atomic E-state index is -0.371. The molecule has 0 aliphatic rings. The number of ether oxygens (including phenoxy) is 1. The molecule has 8 nitrogen and oxygen atoms in total. The number of hydrogen-bond donors (Lipinski definition) is 2. The number of fused-ring (bicyclic) bond motifs is 1. The number of rotatable bonds is 7. The molecule has 0 saturated carbocycles. The zero-order chi connectivity index (χ0) is 19.2. The summed E-state index contributed by atoms with van der Waals surface area (Å²) in [6.07, 6.45) is 5.02. The number of hydrazone groups is 1. The Labute approximate surface area is 157 Å². The average Bonchev–Trinajstić information content (AvgIpc) is 3.11. The minimum absolute atomic E-state index is 0.371. The SMILES string of the molecule is CCN(CC)c1cc(N/N=C/c2c[nH]c3ccc(C(=O)OC)cc23)ncn1. The van der Waals surface area contributed by atoms with Crippen LogP contribution in [0.2, 0.25) is 0 Å². The number of aromatic amines is 1. The van der Waals surface area contributed by atoms with Crippen LogP contribution in [0.5, 0.6) is 0 Å². The second kappa shape index (κ2) is 8.31. The van der Waals surface area contributed by atoms with Crippen molar-refractivity contribution in [3.63, 3.8) is 0 Å². The second-order valence-electron chi connectivity index (χ2n) is 5.80. The number of esters is 1. The molecular weight excluding hydrogens is 344 g/mol. The molecule has 0 bridgehead atoms. The molecule has 0 aliphatic heterocycles. The highest BCUT2D eigenvalue weighted by molar-refractivity contribution is 6.02. The van der Waals surface area contributed by atoms with Crippen molar-refractivity contribution in [2.24, 2.45) is 5.10 Å². The van der Waals surface area contributed by atoms with Gasteiger partial charge in [-0.3, -0.25) is 5.43 Å². The molecule has 0 fully saturated rings. The van der Waals surface area contributed by atoms with E-state index in [9.17, 15) is 4.79 Å². The normalized spacial score (nSPS) is 11.1.